The van der Waals surface area contributed by atoms with Crippen LogP contribution in [-0.4, -0.2) is 31.6 Å². The lowest BCUT2D eigenvalue weighted by Crippen LogP contribution is -2.36. The molecule has 0 aromatic heterocycles. The molecule has 19 heavy (non-hydrogen) atoms. The Hall–Kier alpha value is -1.51. The zero-order valence-electron chi connectivity index (χ0n) is 13.0. The predicted octanol–water partition coefficient (Wildman–Crippen LogP) is 3.11. The number of urea groups is 1. The quantitative estimate of drug-likeness (QED) is 0.892. The molecule has 0 spiro atoms. The van der Waals surface area contributed by atoms with Crippen molar-refractivity contribution in [3.05, 3.63) is 34.9 Å². The van der Waals surface area contributed by atoms with Crippen LogP contribution in [0.15, 0.2) is 18.2 Å². The Morgan fingerprint density at radius 3 is 2.42 bits per heavy atom. The van der Waals surface area contributed by atoms with Crippen LogP contribution in [0.1, 0.15) is 37.5 Å². The Kier molecular flexibility index (Phi) is 4.98. The van der Waals surface area contributed by atoms with E-state index in [0.717, 1.165) is 13.0 Å². The molecule has 1 aromatic carbocycles. The van der Waals surface area contributed by atoms with Crippen molar-refractivity contribution >= 4 is 6.03 Å². The highest BCUT2D eigenvalue weighted by molar-refractivity contribution is 5.73. The lowest BCUT2D eigenvalue weighted by molar-refractivity contribution is 0.211. The minimum Gasteiger partial charge on any atom is -0.341 e. The Bertz CT molecular complexity index is 447. The summed E-state index contributed by atoms with van der Waals surface area (Å²) in [5.74, 6) is 0. The van der Waals surface area contributed by atoms with Gasteiger partial charge in [-0.2, -0.15) is 0 Å². The summed E-state index contributed by atoms with van der Waals surface area (Å²) in [7, 11) is 3.47. The number of nitrogens with one attached hydrogen (secondary N) is 1. The third-order valence-corrected chi connectivity index (χ3v) is 3.49. The highest BCUT2D eigenvalue weighted by Gasteiger charge is 2.14. The van der Waals surface area contributed by atoms with Gasteiger partial charge in [0.1, 0.15) is 0 Å². The van der Waals surface area contributed by atoms with Crippen LogP contribution in [0.2, 0.25) is 0 Å². The fraction of sp³-hybridized carbons (Fsp3) is 0.562. The number of aryl methyl sites for hydroxylation is 1. The van der Waals surface area contributed by atoms with Crippen LogP contribution in [0.3, 0.4) is 0 Å². The second kappa shape index (κ2) is 6.09. The molecule has 0 aliphatic carbocycles. The summed E-state index contributed by atoms with van der Waals surface area (Å²) in [6, 6.07) is 6.61. The molecule has 0 aliphatic rings. The van der Waals surface area contributed by atoms with Crippen LogP contribution < -0.4 is 5.32 Å². The van der Waals surface area contributed by atoms with Crippen LogP contribution in [0.5, 0.6) is 0 Å². The molecule has 0 atom stereocenters. The number of amides is 2. The summed E-state index contributed by atoms with van der Waals surface area (Å²) >= 11 is 0. The topological polar surface area (TPSA) is 32.3 Å². The van der Waals surface area contributed by atoms with E-state index >= 15 is 0 Å². The molecule has 0 fully saturated rings. The zero-order valence-corrected chi connectivity index (χ0v) is 13.0. The van der Waals surface area contributed by atoms with Gasteiger partial charge in [-0.1, -0.05) is 39.0 Å². The van der Waals surface area contributed by atoms with E-state index in [0.29, 0.717) is 0 Å². The van der Waals surface area contributed by atoms with Gasteiger partial charge in [-0.25, -0.2) is 4.79 Å². The Morgan fingerprint density at radius 2 is 1.95 bits per heavy atom. The van der Waals surface area contributed by atoms with Gasteiger partial charge in [-0.05, 0) is 35.4 Å². The monoisotopic (exact) mass is 262 g/mol. The molecule has 3 heteroatoms. The summed E-state index contributed by atoms with van der Waals surface area (Å²) in [6.07, 6.45) is 0.889. The van der Waals surface area contributed by atoms with E-state index in [1.807, 2.05) is 7.05 Å². The number of carbonyl (C=O) groups excluding carboxylic acids is 1. The first kappa shape index (κ1) is 15.5. The van der Waals surface area contributed by atoms with Crippen molar-refractivity contribution in [3.8, 4) is 0 Å². The van der Waals surface area contributed by atoms with Gasteiger partial charge >= 0.3 is 6.03 Å². The van der Waals surface area contributed by atoms with E-state index in [1.165, 1.54) is 16.7 Å². The number of hydrogen-bond donors (Lipinski definition) is 1. The van der Waals surface area contributed by atoms with Gasteiger partial charge < -0.3 is 10.2 Å². The van der Waals surface area contributed by atoms with Crippen LogP contribution in [0.4, 0.5) is 4.79 Å². The SMILES string of the molecule is CNC(=O)N(C)CCc1ccc(C(C)(C)C)cc1C. The molecule has 0 heterocycles. The summed E-state index contributed by atoms with van der Waals surface area (Å²) in [5, 5.41) is 2.63. The Balaban J connectivity index is 2.73. The number of hydrogen-bond acceptors (Lipinski definition) is 1. The van der Waals surface area contributed by atoms with E-state index in [4.69, 9.17) is 0 Å². The van der Waals surface area contributed by atoms with Crippen molar-refractivity contribution in [2.24, 2.45) is 0 Å². The third-order valence-electron chi connectivity index (χ3n) is 3.49. The maximum Gasteiger partial charge on any atom is 0.316 e. The summed E-state index contributed by atoms with van der Waals surface area (Å²) in [6.45, 7) is 9.54. The molecule has 0 saturated heterocycles. The van der Waals surface area contributed by atoms with Crippen molar-refractivity contribution in [2.45, 2.75) is 39.5 Å². The Morgan fingerprint density at radius 1 is 1.32 bits per heavy atom. The van der Waals surface area contributed by atoms with E-state index < -0.39 is 0 Å². The molecule has 106 valence electrons. The first-order valence-electron chi connectivity index (χ1n) is 6.78. The maximum atomic E-state index is 11.4. The van der Waals surface area contributed by atoms with E-state index in [-0.39, 0.29) is 11.4 Å². The summed E-state index contributed by atoms with van der Waals surface area (Å²) in [4.78, 5) is 13.1. The number of likely N-dealkylation sites (N-methyl/N-ethyl adjacent to an activating group) is 1. The van der Waals surface area contributed by atoms with Gasteiger partial charge in [-0.15, -0.1) is 0 Å². The molecular formula is C16H26N2O. The molecule has 1 aromatic rings. The highest BCUT2D eigenvalue weighted by Crippen LogP contribution is 2.24. The Labute approximate surface area is 117 Å². The van der Waals surface area contributed by atoms with Gasteiger partial charge in [0, 0.05) is 20.6 Å². The van der Waals surface area contributed by atoms with E-state index in [9.17, 15) is 4.79 Å². The smallest absolute Gasteiger partial charge is 0.316 e. The number of rotatable bonds is 3. The number of carbonyl (C=O) groups is 1. The predicted molar refractivity (Wildman–Crippen MR) is 80.7 cm³/mol. The fourth-order valence-corrected chi connectivity index (χ4v) is 2.02. The van der Waals surface area contributed by atoms with Gasteiger partial charge in [0.05, 0.1) is 0 Å². The molecule has 0 radical (unpaired) electrons. The molecule has 3 nitrogen and oxygen atoms in total. The standard InChI is InChI=1S/C16H26N2O/c1-12-11-14(16(2,3)4)8-7-13(12)9-10-18(6)15(19)17-5/h7-8,11H,9-10H2,1-6H3,(H,17,19). The van der Waals surface area contributed by atoms with Crippen LogP contribution >= 0.6 is 0 Å². The molecule has 0 aliphatic heterocycles. The number of benzene rings is 1. The first-order valence-corrected chi connectivity index (χ1v) is 6.78. The second-order valence-electron chi connectivity index (χ2n) is 6.12. The summed E-state index contributed by atoms with van der Waals surface area (Å²) < 4.78 is 0. The van der Waals surface area contributed by atoms with E-state index in [2.05, 4.69) is 51.2 Å². The zero-order chi connectivity index (χ0) is 14.6. The highest BCUT2D eigenvalue weighted by atomic mass is 16.2. The van der Waals surface area contributed by atoms with Crippen LogP contribution in [-0.2, 0) is 11.8 Å². The van der Waals surface area contributed by atoms with Crippen molar-refractivity contribution in [1.29, 1.82) is 0 Å². The number of nitrogens with zero attached hydrogens (tertiary/aromatic N) is 1. The fourth-order valence-electron chi connectivity index (χ4n) is 2.02. The van der Waals surface area contributed by atoms with Crippen LogP contribution in [0, 0.1) is 6.92 Å². The summed E-state index contributed by atoms with van der Waals surface area (Å²) in [5.41, 5.74) is 4.15. The van der Waals surface area contributed by atoms with Crippen molar-refractivity contribution in [3.63, 3.8) is 0 Å². The van der Waals surface area contributed by atoms with Gasteiger partial charge in [-0.3, -0.25) is 0 Å². The lowest BCUT2D eigenvalue weighted by Gasteiger charge is -2.21. The molecule has 2 amide bonds. The van der Waals surface area contributed by atoms with Crippen molar-refractivity contribution < 1.29 is 4.79 Å². The minimum atomic E-state index is -0.0380. The molecule has 0 bridgehead atoms. The van der Waals surface area contributed by atoms with Gasteiger partial charge in [0.2, 0.25) is 0 Å². The molecular weight excluding hydrogens is 236 g/mol. The van der Waals surface area contributed by atoms with Gasteiger partial charge in [0.15, 0.2) is 0 Å². The van der Waals surface area contributed by atoms with Crippen molar-refractivity contribution in [2.75, 3.05) is 20.6 Å². The maximum absolute atomic E-state index is 11.4. The van der Waals surface area contributed by atoms with Crippen LogP contribution in [0.25, 0.3) is 0 Å². The molecule has 0 unspecified atom stereocenters. The van der Waals surface area contributed by atoms with Gasteiger partial charge in [0.25, 0.3) is 0 Å². The average Bonchev–Trinajstić information content (AvgIpc) is 2.34. The van der Waals surface area contributed by atoms with E-state index in [1.54, 1.807) is 11.9 Å². The van der Waals surface area contributed by atoms with Crippen molar-refractivity contribution in [1.82, 2.24) is 10.2 Å². The minimum absolute atomic E-state index is 0.0380. The second-order valence-corrected chi connectivity index (χ2v) is 6.12. The third kappa shape index (κ3) is 4.27. The average molecular weight is 262 g/mol. The molecule has 0 saturated carbocycles. The normalized spacial score (nSPS) is 11.3. The first-order chi connectivity index (χ1) is 8.75. The molecule has 1 rings (SSSR count). The largest absolute Gasteiger partial charge is 0.341 e. The lowest BCUT2D eigenvalue weighted by atomic mass is 9.85. The molecule has 1 N–H and O–H groups in total.